The van der Waals surface area contributed by atoms with Crippen molar-refractivity contribution in [1.29, 1.82) is 0 Å². The molecule has 0 aliphatic heterocycles. The zero-order chi connectivity index (χ0) is 18.5. The highest BCUT2D eigenvalue weighted by atomic mass is 32.2. The van der Waals surface area contributed by atoms with Gasteiger partial charge >= 0.3 is 0 Å². The van der Waals surface area contributed by atoms with E-state index in [0.29, 0.717) is 11.1 Å². The van der Waals surface area contributed by atoms with E-state index in [2.05, 4.69) is 15.5 Å². The summed E-state index contributed by atoms with van der Waals surface area (Å²) in [5, 5.41) is 11.1. The molecule has 0 saturated heterocycles. The molecule has 0 fully saturated rings. The van der Waals surface area contributed by atoms with Gasteiger partial charge in [0.05, 0.1) is 10.9 Å². The minimum absolute atomic E-state index is 0.105. The molecular weight excluding hydrogens is 366 g/mol. The molecule has 7 heteroatoms. The first-order valence-corrected chi connectivity index (χ1v) is 10.2. The minimum atomic E-state index is -0.365. The van der Waals surface area contributed by atoms with Gasteiger partial charge in [-0.25, -0.2) is 0 Å². The molecule has 2 aromatic carbocycles. The minimum Gasteiger partial charge on any atom is -0.411 e. The number of hydrogen-bond donors (Lipinski definition) is 1. The Morgan fingerprint density at radius 1 is 1.12 bits per heavy atom. The molecule has 5 nitrogen and oxygen atoms in total. The van der Waals surface area contributed by atoms with E-state index in [1.165, 1.54) is 17.3 Å². The summed E-state index contributed by atoms with van der Waals surface area (Å²) in [7, 11) is 0. The lowest BCUT2D eigenvalue weighted by atomic mass is 10.1. The van der Waals surface area contributed by atoms with E-state index in [0.717, 1.165) is 16.1 Å². The van der Waals surface area contributed by atoms with Crippen LogP contribution in [-0.4, -0.2) is 27.6 Å². The number of carbonyl (C=O) groups is 1. The third-order valence-electron chi connectivity index (χ3n) is 3.72. The molecule has 1 N–H and O–H groups in total. The molecule has 1 aromatic heterocycles. The molecule has 0 spiro atoms. The zero-order valence-electron chi connectivity index (χ0n) is 14.7. The van der Waals surface area contributed by atoms with Crippen molar-refractivity contribution in [2.45, 2.75) is 29.2 Å². The first-order chi connectivity index (χ1) is 12.6. The van der Waals surface area contributed by atoms with Crippen molar-refractivity contribution in [3.8, 4) is 11.5 Å². The van der Waals surface area contributed by atoms with Crippen molar-refractivity contribution in [2.75, 3.05) is 11.6 Å². The number of nitrogens with zero attached hydrogens (tertiary/aromatic N) is 2. The molecule has 0 aliphatic carbocycles. The summed E-state index contributed by atoms with van der Waals surface area (Å²) < 4.78 is 5.68. The Balaban J connectivity index is 1.65. The number of hydrogen-bond acceptors (Lipinski definition) is 6. The number of aryl methyl sites for hydroxylation is 1. The lowest BCUT2D eigenvalue weighted by Gasteiger charge is -2.12. The van der Waals surface area contributed by atoms with Crippen LogP contribution in [0.3, 0.4) is 0 Å². The maximum absolute atomic E-state index is 12.5. The fourth-order valence-electron chi connectivity index (χ4n) is 2.26. The molecule has 0 saturated carbocycles. The second-order valence-corrected chi connectivity index (χ2v) is 7.83. The van der Waals surface area contributed by atoms with Crippen LogP contribution in [0.4, 0.5) is 5.69 Å². The van der Waals surface area contributed by atoms with Crippen LogP contribution in [0, 0.1) is 6.92 Å². The van der Waals surface area contributed by atoms with E-state index < -0.39 is 0 Å². The number of anilines is 1. The molecule has 0 bridgehead atoms. The van der Waals surface area contributed by atoms with Crippen LogP contribution in [0.15, 0.2) is 63.1 Å². The normalized spacial score (nSPS) is 12.0. The van der Waals surface area contributed by atoms with Gasteiger partial charge in [0.1, 0.15) is 0 Å². The lowest BCUT2D eigenvalue weighted by Crippen LogP contribution is -2.22. The average molecular weight is 386 g/mol. The van der Waals surface area contributed by atoms with E-state index in [-0.39, 0.29) is 11.2 Å². The molecule has 134 valence electrons. The smallest absolute Gasteiger partial charge is 0.277 e. The second kappa shape index (κ2) is 8.42. The van der Waals surface area contributed by atoms with Crippen LogP contribution in [0.25, 0.3) is 11.5 Å². The van der Waals surface area contributed by atoms with Gasteiger partial charge < -0.3 is 9.73 Å². The molecule has 0 radical (unpaired) electrons. The van der Waals surface area contributed by atoms with E-state index >= 15 is 0 Å². The third kappa shape index (κ3) is 4.47. The number of benzene rings is 2. The number of thioether (sulfide) groups is 2. The standard InChI is InChI=1S/C19H19N3O2S2/c1-12-8-10-14(11-9-12)18-21-22-19(24-18)26-13(2)17(23)20-15-6-4-5-7-16(15)25-3/h4-11,13H,1-3H3,(H,20,23). The zero-order valence-corrected chi connectivity index (χ0v) is 16.4. The van der Waals surface area contributed by atoms with E-state index in [1.54, 1.807) is 11.8 Å². The summed E-state index contributed by atoms with van der Waals surface area (Å²) in [6.07, 6.45) is 1.98. The number of amides is 1. The van der Waals surface area contributed by atoms with Gasteiger partial charge in [0.2, 0.25) is 11.8 Å². The molecule has 0 aliphatic rings. The summed E-state index contributed by atoms with van der Waals surface area (Å²) >= 11 is 2.84. The highest BCUT2D eigenvalue weighted by Crippen LogP contribution is 2.29. The summed E-state index contributed by atoms with van der Waals surface area (Å²) in [6, 6.07) is 15.6. The number of carbonyl (C=O) groups excluding carboxylic acids is 1. The quantitative estimate of drug-likeness (QED) is 0.610. The van der Waals surface area contributed by atoms with Crippen LogP contribution in [-0.2, 0) is 4.79 Å². The van der Waals surface area contributed by atoms with Gasteiger partial charge in [-0.3, -0.25) is 4.79 Å². The van der Waals surface area contributed by atoms with Gasteiger partial charge in [0.15, 0.2) is 0 Å². The topological polar surface area (TPSA) is 68.0 Å². The maximum Gasteiger partial charge on any atom is 0.277 e. The van der Waals surface area contributed by atoms with Crippen LogP contribution in [0.2, 0.25) is 0 Å². The van der Waals surface area contributed by atoms with E-state index in [4.69, 9.17) is 4.42 Å². The average Bonchev–Trinajstić information content (AvgIpc) is 3.11. The first-order valence-electron chi connectivity index (χ1n) is 8.08. The number of rotatable bonds is 6. The van der Waals surface area contributed by atoms with Crippen molar-refractivity contribution in [1.82, 2.24) is 10.2 Å². The van der Waals surface area contributed by atoms with Crippen molar-refractivity contribution >= 4 is 35.1 Å². The number of nitrogens with one attached hydrogen (secondary N) is 1. The maximum atomic E-state index is 12.5. The lowest BCUT2D eigenvalue weighted by molar-refractivity contribution is -0.115. The highest BCUT2D eigenvalue weighted by molar-refractivity contribution is 8.00. The molecule has 3 aromatic rings. The number of para-hydroxylation sites is 1. The van der Waals surface area contributed by atoms with Crippen LogP contribution in [0.1, 0.15) is 12.5 Å². The van der Waals surface area contributed by atoms with Crippen LogP contribution in [0.5, 0.6) is 0 Å². The Bertz CT molecular complexity index is 894. The molecule has 1 heterocycles. The Hall–Kier alpha value is -2.25. The summed E-state index contributed by atoms with van der Waals surface area (Å²) in [4.78, 5) is 13.5. The monoisotopic (exact) mass is 385 g/mol. The van der Waals surface area contributed by atoms with Crippen LogP contribution >= 0.6 is 23.5 Å². The van der Waals surface area contributed by atoms with Crippen LogP contribution < -0.4 is 5.32 Å². The van der Waals surface area contributed by atoms with Crippen molar-refractivity contribution in [2.24, 2.45) is 0 Å². The predicted molar refractivity (Wildman–Crippen MR) is 107 cm³/mol. The Kier molecular flexibility index (Phi) is 6.00. The largest absolute Gasteiger partial charge is 0.411 e. The van der Waals surface area contributed by atoms with Gasteiger partial charge in [-0.1, -0.05) is 41.6 Å². The molecule has 1 unspecified atom stereocenters. The van der Waals surface area contributed by atoms with Gasteiger partial charge in [0, 0.05) is 10.5 Å². The van der Waals surface area contributed by atoms with Gasteiger partial charge in [-0.2, -0.15) is 0 Å². The fourth-order valence-corrected chi connectivity index (χ4v) is 3.49. The Labute approximate surface area is 161 Å². The van der Waals surface area contributed by atoms with E-state index in [1.807, 2.05) is 68.6 Å². The highest BCUT2D eigenvalue weighted by Gasteiger charge is 2.19. The molecular formula is C19H19N3O2S2. The molecule has 1 amide bonds. The van der Waals surface area contributed by atoms with Crippen molar-refractivity contribution < 1.29 is 9.21 Å². The van der Waals surface area contributed by atoms with Gasteiger partial charge in [-0.15, -0.1) is 22.0 Å². The molecule has 3 rings (SSSR count). The van der Waals surface area contributed by atoms with Crippen molar-refractivity contribution in [3.63, 3.8) is 0 Å². The second-order valence-electron chi connectivity index (χ2n) is 5.69. The molecule has 26 heavy (non-hydrogen) atoms. The first kappa shape index (κ1) is 18.5. The SMILES string of the molecule is CSc1ccccc1NC(=O)C(C)Sc1nnc(-c2ccc(C)cc2)o1. The Morgan fingerprint density at radius 3 is 2.58 bits per heavy atom. The predicted octanol–water partition coefficient (Wildman–Crippen LogP) is 4.89. The third-order valence-corrected chi connectivity index (χ3v) is 5.45. The number of aromatic nitrogens is 2. The summed E-state index contributed by atoms with van der Waals surface area (Å²) in [6.45, 7) is 3.84. The molecule has 1 atom stereocenters. The summed E-state index contributed by atoms with van der Waals surface area (Å²) in [5.74, 6) is 0.347. The van der Waals surface area contributed by atoms with Gasteiger partial charge in [-0.05, 0) is 44.4 Å². The van der Waals surface area contributed by atoms with E-state index in [9.17, 15) is 4.79 Å². The Morgan fingerprint density at radius 2 is 1.85 bits per heavy atom. The van der Waals surface area contributed by atoms with Gasteiger partial charge in [0.25, 0.3) is 5.22 Å². The fraction of sp³-hybridized carbons (Fsp3) is 0.211. The summed E-state index contributed by atoms with van der Waals surface area (Å²) in [5.41, 5.74) is 2.84. The van der Waals surface area contributed by atoms with Crippen molar-refractivity contribution in [3.05, 3.63) is 54.1 Å².